The van der Waals surface area contributed by atoms with Gasteiger partial charge in [-0.1, -0.05) is 25.3 Å². The molecule has 0 unspecified atom stereocenters. The Morgan fingerprint density at radius 3 is 2.50 bits per heavy atom. The highest BCUT2D eigenvalue weighted by Gasteiger charge is 2.65. The zero-order chi connectivity index (χ0) is 25.4. The van der Waals surface area contributed by atoms with Gasteiger partial charge in [-0.15, -0.1) is 5.92 Å². The fourth-order valence-corrected chi connectivity index (χ4v) is 8.37. The van der Waals surface area contributed by atoms with Gasteiger partial charge < -0.3 is 10.0 Å². The van der Waals surface area contributed by atoms with Crippen LogP contribution in [0, 0.1) is 46.6 Å². The molecule has 1 aromatic rings. The van der Waals surface area contributed by atoms with Crippen LogP contribution in [0.1, 0.15) is 77.2 Å². The van der Waals surface area contributed by atoms with E-state index in [1.807, 2.05) is 4.90 Å². The molecule has 0 radical (unpaired) electrons. The molecule has 3 fully saturated rings. The molecule has 1 saturated heterocycles. The second-order valence-corrected chi connectivity index (χ2v) is 11.9. The summed E-state index contributed by atoms with van der Waals surface area (Å²) in [6.45, 7) is 7.55. The minimum absolute atomic E-state index is 0.0293. The molecule has 190 valence electrons. The first-order valence-corrected chi connectivity index (χ1v) is 13.5. The average molecular weight is 492 g/mol. The summed E-state index contributed by atoms with van der Waals surface area (Å²) in [5.74, 6) is 5.03. The van der Waals surface area contributed by atoms with Gasteiger partial charge in [-0.2, -0.15) is 0 Å². The van der Waals surface area contributed by atoms with Crippen LogP contribution in [0.25, 0.3) is 0 Å². The van der Waals surface area contributed by atoms with Crippen LogP contribution in [0.3, 0.4) is 0 Å². The van der Waals surface area contributed by atoms with Crippen LogP contribution in [-0.2, 0) is 4.79 Å². The molecule has 1 aliphatic heterocycles. The smallest absolute Gasteiger partial charge is 0.156 e. The lowest BCUT2D eigenvalue weighted by atomic mass is 9.51. The molecule has 4 aliphatic carbocycles. The second kappa shape index (κ2) is 8.28. The standard InChI is InChI=1S/C31H35F2NO2/c1-4-10-31(36)18(2)13-25-23-8-6-19-14-21(35)7-9-22(19)28(23)24(17-30(25,31)3)29-26(32)15-20(16-27(29)33)34-11-5-12-34/h14-16,18,23-25,36H,5-9,11-13,17H2,1-3H3/t18-,23+,24+,25+,30+,31+/m1/s1. The highest BCUT2D eigenvalue weighted by molar-refractivity contribution is 5.93. The molecule has 0 spiro atoms. The molecular weight excluding hydrogens is 456 g/mol. The molecule has 0 amide bonds. The Morgan fingerprint density at radius 2 is 1.86 bits per heavy atom. The van der Waals surface area contributed by atoms with Crippen molar-refractivity contribution in [2.45, 2.75) is 77.2 Å². The first-order chi connectivity index (χ1) is 17.2. The molecule has 3 nitrogen and oxygen atoms in total. The highest BCUT2D eigenvalue weighted by Crippen LogP contribution is 2.68. The third kappa shape index (κ3) is 3.23. The lowest BCUT2D eigenvalue weighted by Crippen LogP contribution is -2.52. The molecule has 1 heterocycles. The summed E-state index contributed by atoms with van der Waals surface area (Å²) in [7, 11) is 0. The summed E-state index contributed by atoms with van der Waals surface area (Å²) < 4.78 is 31.8. The Labute approximate surface area is 212 Å². The van der Waals surface area contributed by atoms with Crippen LogP contribution in [0.2, 0.25) is 0 Å². The number of carbonyl (C=O) groups is 1. The Morgan fingerprint density at radius 1 is 1.14 bits per heavy atom. The van der Waals surface area contributed by atoms with Crippen molar-refractivity contribution in [3.8, 4) is 11.8 Å². The van der Waals surface area contributed by atoms with Gasteiger partial charge in [0.25, 0.3) is 0 Å². The van der Waals surface area contributed by atoms with E-state index in [-0.39, 0.29) is 29.1 Å². The van der Waals surface area contributed by atoms with Gasteiger partial charge >= 0.3 is 0 Å². The van der Waals surface area contributed by atoms with Gasteiger partial charge in [0.2, 0.25) is 0 Å². The van der Waals surface area contributed by atoms with Gasteiger partial charge in [0.15, 0.2) is 5.78 Å². The molecule has 5 heteroatoms. The third-order valence-electron chi connectivity index (χ3n) is 10.3. The maximum atomic E-state index is 15.9. The fourth-order valence-electron chi connectivity index (χ4n) is 8.37. The van der Waals surface area contributed by atoms with Crippen LogP contribution >= 0.6 is 0 Å². The summed E-state index contributed by atoms with van der Waals surface area (Å²) in [6.07, 6.45) is 6.82. The molecule has 0 bridgehead atoms. The second-order valence-electron chi connectivity index (χ2n) is 11.9. The molecule has 2 saturated carbocycles. The van der Waals surface area contributed by atoms with Gasteiger partial charge in [-0.25, -0.2) is 8.78 Å². The van der Waals surface area contributed by atoms with Gasteiger partial charge in [0, 0.05) is 42.1 Å². The maximum Gasteiger partial charge on any atom is 0.156 e. The van der Waals surface area contributed by atoms with Crippen LogP contribution in [-0.4, -0.2) is 29.6 Å². The van der Waals surface area contributed by atoms with Crippen molar-refractivity contribution in [3.05, 3.63) is 52.1 Å². The minimum Gasteiger partial charge on any atom is -0.377 e. The Bertz CT molecular complexity index is 1240. The molecule has 6 atom stereocenters. The van der Waals surface area contributed by atoms with Crippen molar-refractivity contribution >= 4 is 11.5 Å². The summed E-state index contributed by atoms with van der Waals surface area (Å²) in [5, 5.41) is 12.0. The zero-order valence-electron chi connectivity index (χ0n) is 21.5. The predicted octanol–water partition coefficient (Wildman–Crippen LogP) is 6.07. The maximum absolute atomic E-state index is 15.9. The van der Waals surface area contributed by atoms with Crippen molar-refractivity contribution in [2.75, 3.05) is 18.0 Å². The molecule has 5 aliphatic rings. The van der Waals surface area contributed by atoms with Crippen molar-refractivity contribution in [1.29, 1.82) is 0 Å². The van der Waals surface area contributed by atoms with E-state index in [1.165, 1.54) is 12.1 Å². The van der Waals surface area contributed by atoms with Crippen LogP contribution < -0.4 is 4.90 Å². The number of rotatable bonds is 2. The van der Waals surface area contributed by atoms with Crippen LogP contribution in [0.5, 0.6) is 0 Å². The number of ketones is 1. The van der Waals surface area contributed by atoms with E-state index in [4.69, 9.17) is 0 Å². The molecule has 1 N–H and O–H groups in total. The highest BCUT2D eigenvalue weighted by atomic mass is 19.1. The number of hydrogen-bond donors (Lipinski definition) is 1. The van der Waals surface area contributed by atoms with E-state index in [0.717, 1.165) is 55.5 Å². The van der Waals surface area contributed by atoms with Gasteiger partial charge in [0.05, 0.1) is 0 Å². The summed E-state index contributed by atoms with van der Waals surface area (Å²) >= 11 is 0. The molecule has 36 heavy (non-hydrogen) atoms. The molecule has 1 aromatic carbocycles. The number of nitrogens with zero attached hydrogens (tertiary/aromatic N) is 1. The molecular formula is C31H35F2NO2. The number of aliphatic hydroxyl groups is 1. The van der Waals surface area contributed by atoms with E-state index >= 15 is 8.78 Å². The van der Waals surface area contributed by atoms with E-state index in [0.29, 0.717) is 24.9 Å². The fraction of sp³-hybridized carbons (Fsp3) is 0.581. The van der Waals surface area contributed by atoms with E-state index < -0.39 is 28.6 Å². The third-order valence-corrected chi connectivity index (χ3v) is 10.3. The topological polar surface area (TPSA) is 40.5 Å². The predicted molar refractivity (Wildman–Crippen MR) is 136 cm³/mol. The summed E-state index contributed by atoms with van der Waals surface area (Å²) in [6, 6.07) is 2.98. The summed E-state index contributed by atoms with van der Waals surface area (Å²) in [5.41, 5.74) is 2.25. The van der Waals surface area contributed by atoms with Gasteiger partial charge in [0.1, 0.15) is 17.2 Å². The quantitative estimate of drug-likeness (QED) is 0.510. The van der Waals surface area contributed by atoms with Crippen LogP contribution in [0.15, 0.2) is 34.9 Å². The van der Waals surface area contributed by atoms with Crippen LogP contribution in [0.4, 0.5) is 14.5 Å². The number of fused-ring (bicyclic) bond motifs is 4. The first kappa shape index (κ1) is 23.9. The Kier molecular flexibility index (Phi) is 5.50. The van der Waals surface area contributed by atoms with E-state index in [2.05, 4.69) is 25.7 Å². The number of hydrogen-bond acceptors (Lipinski definition) is 3. The molecule has 6 rings (SSSR count). The van der Waals surface area contributed by atoms with Crippen molar-refractivity contribution < 1.29 is 18.7 Å². The van der Waals surface area contributed by atoms with Crippen molar-refractivity contribution in [2.24, 2.45) is 23.2 Å². The lowest BCUT2D eigenvalue weighted by molar-refractivity contribution is -0.114. The number of anilines is 1. The van der Waals surface area contributed by atoms with E-state index in [1.54, 1.807) is 13.0 Å². The number of halogens is 2. The normalized spacial score (nSPS) is 37.3. The largest absolute Gasteiger partial charge is 0.377 e. The van der Waals surface area contributed by atoms with Gasteiger partial charge in [-0.3, -0.25) is 4.79 Å². The Hall–Kier alpha value is -2.45. The molecule has 0 aromatic heterocycles. The average Bonchev–Trinajstić information content (AvgIpc) is 2.98. The number of allylic oxidation sites excluding steroid dienone is 4. The van der Waals surface area contributed by atoms with E-state index in [9.17, 15) is 9.90 Å². The minimum atomic E-state index is -1.20. The van der Waals surface area contributed by atoms with Gasteiger partial charge in [-0.05, 0) is 92.6 Å². The first-order valence-electron chi connectivity index (χ1n) is 13.5. The zero-order valence-corrected chi connectivity index (χ0v) is 21.5. The van der Waals surface area contributed by atoms with Crippen molar-refractivity contribution in [1.82, 2.24) is 0 Å². The van der Waals surface area contributed by atoms with Crippen molar-refractivity contribution in [3.63, 3.8) is 0 Å². The Balaban J connectivity index is 1.55. The number of carbonyl (C=O) groups excluding carboxylic acids is 1. The monoisotopic (exact) mass is 491 g/mol. The SMILES string of the molecule is CC#C[C@]1(O)[C@H](C)C[C@H]2[C@@H]3CCC4=CC(=O)CCC4=C3[C@@H](c3c(F)cc(N4CCC4)cc3F)C[C@@]21C. The number of benzene rings is 1. The summed E-state index contributed by atoms with van der Waals surface area (Å²) in [4.78, 5) is 14.2. The lowest BCUT2D eigenvalue weighted by Gasteiger charge is -2.54.